The van der Waals surface area contributed by atoms with Crippen LogP contribution in [0.4, 0.5) is 5.69 Å². The molecule has 0 saturated carbocycles. The van der Waals surface area contributed by atoms with Crippen LogP contribution in [-0.2, 0) is 0 Å². The van der Waals surface area contributed by atoms with Gasteiger partial charge in [0.15, 0.2) is 5.15 Å². The second-order valence-electron chi connectivity index (χ2n) is 4.37. The molecule has 1 atom stereocenters. The second kappa shape index (κ2) is 5.51. The molecule has 1 saturated heterocycles. The summed E-state index contributed by atoms with van der Waals surface area (Å²) < 4.78 is 0. The van der Waals surface area contributed by atoms with E-state index in [4.69, 9.17) is 11.6 Å². The van der Waals surface area contributed by atoms with Crippen LogP contribution in [0, 0.1) is 6.92 Å². The van der Waals surface area contributed by atoms with Gasteiger partial charge in [0.1, 0.15) is 0 Å². The molecule has 0 aromatic carbocycles. The highest BCUT2D eigenvalue weighted by Gasteiger charge is 2.13. The van der Waals surface area contributed by atoms with E-state index in [1.807, 2.05) is 6.92 Å². The molecule has 2 rings (SSSR count). The summed E-state index contributed by atoms with van der Waals surface area (Å²) in [5.74, 6) is 0. The largest absolute Gasteiger partial charge is 0.380 e. The third kappa shape index (κ3) is 3.09. The lowest BCUT2D eigenvalue weighted by Crippen LogP contribution is -2.21. The van der Waals surface area contributed by atoms with E-state index in [1.54, 1.807) is 6.20 Å². The molecule has 1 unspecified atom stereocenters. The van der Waals surface area contributed by atoms with Gasteiger partial charge in [0.2, 0.25) is 0 Å². The Balaban J connectivity index is 2.04. The Morgan fingerprint density at radius 2 is 2.31 bits per heavy atom. The predicted octanol–water partition coefficient (Wildman–Crippen LogP) is 2.60. The van der Waals surface area contributed by atoms with Crippen molar-refractivity contribution in [3.63, 3.8) is 0 Å². The molecular weight excluding hydrogens is 222 g/mol. The molecule has 1 fully saturated rings. The van der Waals surface area contributed by atoms with E-state index in [-0.39, 0.29) is 0 Å². The van der Waals surface area contributed by atoms with Crippen LogP contribution in [-0.4, -0.2) is 24.1 Å². The average molecular weight is 240 g/mol. The Labute approximate surface area is 102 Å². The fourth-order valence-electron chi connectivity index (χ4n) is 2.04. The lowest BCUT2D eigenvalue weighted by atomic mass is 10.1. The highest BCUT2D eigenvalue weighted by molar-refractivity contribution is 6.31. The van der Waals surface area contributed by atoms with Gasteiger partial charge in [-0.15, -0.1) is 0 Å². The fourth-order valence-corrected chi connectivity index (χ4v) is 2.19. The number of hydrogen-bond donors (Lipinski definition) is 2. The third-order valence-electron chi connectivity index (χ3n) is 2.91. The van der Waals surface area contributed by atoms with Crippen molar-refractivity contribution in [2.24, 2.45) is 0 Å². The van der Waals surface area contributed by atoms with Crippen molar-refractivity contribution in [1.82, 2.24) is 10.3 Å². The Bertz CT molecular complexity index is 346. The van der Waals surface area contributed by atoms with Gasteiger partial charge in [-0.2, -0.15) is 0 Å². The molecule has 1 aliphatic heterocycles. The molecule has 1 aliphatic rings. The van der Waals surface area contributed by atoms with Crippen molar-refractivity contribution in [3.05, 3.63) is 23.0 Å². The summed E-state index contributed by atoms with van der Waals surface area (Å²) in [5, 5.41) is 7.47. The van der Waals surface area contributed by atoms with Crippen LogP contribution < -0.4 is 10.6 Å². The Hall–Kier alpha value is -0.800. The molecule has 0 amide bonds. The first-order valence-corrected chi connectivity index (χ1v) is 6.23. The first-order chi connectivity index (χ1) is 7.75. The number of nitrogens with zero attached hydrogens (tertiary/aromatic N) is 1. The molecule has 2 heterocycles. The summed E-state index contributed by atoms with van der Waals surface area (Å²) in [4.78, 5) is 4.15. The lowest BCUT2D eigenvalue weighted by molar-refractivity contribution is 0.637. The highest BCUT2D eigenvalue weighted by Crippen LogP contribution is 2.22. The van der Waals surface area contributed by atoms with E-state index in [9.17, 15) is 0 Å². The van der Waals surface area contributed by atoms with Gasteiger partial charge in [0.25, 0.3) is 0 Å². The summed E-state index contributed by atoms with van der Waals surface area (Å²) in [5.41, 5.74) is 2.10. The Morgan fingerprint density at radius 1 is 1.44 bits per heavy atom. The minimum Gasteiger partial charge on any atom is -0.380 e. The fraction of sp³-hybridized carbons (Fsp3) is 0.583. The molecule has 0 spiro atoms. The lowest BCUT2D eigenvalue weighted by Gasteiger charge is -2.18. The number of rotatable bonds is 2. The molecule has 88 valence electrons. The molecule has 2 N–H and O–H groups in total. The number of hydrogen-bond acceptors (Lipinski definition) is 3. The van der Waals surface area contributed by atoms with E-state index in [2.05, 4.69) is 21.7 Å². The maximum absolute atomic E-state index is 6.07. The van der Waals surface area contributed by atoms with Gasteiger partial charge < -0.3 is 10.6 Å². The van der Waals surface area contributed by atoms with E-state index >= 15 is 0 Å². The zero-order valence-electron chi connectivity index (χ0n) is 9.59. The number of pyridine rings is 1. The van der Waals surface area contributed by atoms with Gasteiger partial charge in [-0.1, -0.05) is 11.6 Å². The van der Waals surface area contributed by atoms with E-state index < -0.39 is 0 Å². The smallest absolute Gasteiger partial charge is 0.152 e. The molecule has 1 aromatic rings. The minimum absolute atomic E-state index is 0.510. The van der Waals surface area contributed by atoms with Crippen LogP contribution in [0.1, 0.15) is 24.8 Å². The molecule has 0 aliphatic carbocycles. The summed E-state index contributed by atoms with van der Waals surface area (Å²) in [6.45, 7) is 4.23. The van der Waals surface area contributed by atoms with Gasteiger partial charge in [0, 0.05) is 12.2 Å². The number of halogens is 1. The molecule has 0 bridgehead atoms. The Kier molecular flexibility index (Phi) is 4.02. The van der Waals surface area contributed by atoms with Gasteiger partial charge in [-0.25, -0.2) is 4.98 Å². The standard InChI is InChI=1S/C12H18ClN3/c1-9-7-11(12(13)15-8-9)16-10-3-2-5-14-6-4-10/h7-8,10,14,16H,2-6H2,1H3. The average Bonchev–Trinajstić information content (AvgIpc) is 2.52. The van der Waals surface area contributed by atoms with Crippen LogP contribution in [0.2, 0.25) is 5.15 Å². The monoisotopic (exact) mass is 239 g/mol. The van der Waals surface area contributed by atoms with Crippen LogP contribution in [0.3, 0.4) is 0 Å². The molecule has 4 heteroatoms. The van der Waals surface area contributed by atoms with Crippen LogP contribution in [0.15, 0.2) is 12.3 Å². The maximum Gasteiger partial charge on any atom is 0.152 e. The first-order valence-electron chi connectivity index (χ1n) is 5.85. The van der Waals surface area contributed by atoms with Crippen molar-refractivity contribution in [3.8, 4) is 0 Å². The first kappa shape index (κ1) is 11.7. The van der Waals surface area contributed by atoms with Crippen molar-refractivity contribution in [2.75, 3.05) is 18.4 Å². The van der Waals surface area contributed by atoms with Crippen LogP contribution >= 0.6 is 11.6 Å². The van der Waals surface area contributed by atoms with Crippen molar-refractivity contribution in [2.45, 2.75) is 32.2 Å². The molecule has 3 nitrogen and oxygen atoms in total. The quantitative estimate of drug-likeness (QED) is 0.779. The number of nitrogens with one attached hydrogen (secondary N) is 2. The summed E-state index contributed by atoms with van der Waals surface area (Å²) >= 11 is 6.07. The van der Waals surface area contributed by atoms with Gasteiger partial charge in [0.05, 0.1) is 5.69 Å². The van der Waals surface area contributed by atoms with Gasteiger partial charge >= 0.3 is 0 Å². The molecule has 1 aromatic heterocycles. The van der Waals surface area contributed by atoms with Crippen molar-refractivity contribution >= 4 is 17.3 Å². The summed E-state index contributed by atoms with van der Waals surface area (Å²) in [6.07, 6.45) is 5.35. The number of aromatic nitrogens is 1. The van der Waals surface area contributed by atoms with E-state index in [1.165, 1.54) is 12.8 Å². The Morgan fingerprint density at radius 3 is 3.19 bits per heavy atom. The molecule has 16 heavy (non-hydrogen) atoms. The summed E-state index contributed by atoms with van der Waals surface area (Å²) in [7, 11) is 0. The predicted molar refractivity (Wildman–Crippen MR) is 68.1 cm³/mol. The highest BCUT2D eigenvalue weighted by atomic mass is 35.5. The third-order valence-corrected chi connectivity index (χ3v) is 3.21. The zero-order chi connectivity index (χ0) is 11.4. The summed E-state index contributed by atoms with van der Waals surface area (Å²) in [6, 6.07) is 2.57. The normalized spacial score (nSPS) is 21.5. The SMILES string of the molecule is Cc1cnc(Cl)c(NC2CCCNCC2)c1. The van der Waals surface area contributed by atoms with Crippen molar-refractivity contribution in [1.29, 1.82) is 0 Å². The van der Waals surface area contributed by atoms with Crippen molar-refractivity contribution < 1.29 is 0 Å². The van der Waals surface area contributed by atoms with E-state index in [0.717, 1.165) is 30.8 Å². The second-order valence-corrected chi connectivity index (χ2v) is 4.73. The number of aryl methyl sites for hydroxylation is 1. The van der Waals surface area contributed by atoms with Gasteiger partial charge in [-0.05, 0) is 50.9 Å². The molecule has 0 radical (unpaired) electrons. The maximum atomic E-state index is 6.07. The topological polar surface area (TPSA) is 37.0 Å². The zero-order valence-corrected chi connectivity index (χ0v) is 10.3. The van der Waals surface area contributed by atoms with Crippen LogP contribution in [0.25, 0.3) is 0 Å². The van der Waals surface area contributed by atoms with Gasteiger partial charge in [-0.3, -0.25) is 0 Å². The van der Waals surface area contributed by atoms with E-state index in [0.29, 0.717) is 11.2 Å². The molecular formula is C12H18ClN3. The number of anilines is 1. The minimum atomic E-state index is 0.510. The van der Waals surface area contributed by atoms with Crippen LogP contribution in [0.5, 0.6) is 0 Å².